The molecular weight excluding hydrogens is 394 g/mol. The molecule has 2 aromatic rings. The molecule has 2 N–H and O–H groups in total. The van der Waals surface area contributed by atoms with Gasteiger partial charge in [0.1, 0.15) is 23.2 Å². The van der Waals surface area contributed by atoms with Gasteiger partial charge in [0, 0.05) is 13.1 Å². The molecule has 166 valence electrons. The van der Waals surface area contributed by atoms with Crippen LogP contribution in [0.3, 0.4) is 0 Å². The highest BCUT2D eigenvalue weighted by Gasteiger charge is 2.48. The van der Waals surface area contributed by atoms with Crippen LogP contribution < -0.4 is 9.47 Å². The van der Waals surface area contributed by atoms with Crippen molar-refractivity contribution in [2.45, 2.75) is 56.3 Å². The second kappa shape index (κ2) is 7.99. The summed E-state index contributed by atoms with van der Waals surface area (Å²) in [5, 5.41) is 23.6. The van der Waals surface area contributed by atoms with E-state index >= 15 is 0 Å². The molecule has 2 aliphatic carbocycles. The van der Waals surface area contributed by atoms with Crippen molar-refractivity contribution in [2.24, 2.45) is 11.8 Å². The Morgan fingerprint density at radius 1 is 1.00 bits per heavy atom. The average Bonchev–Trinajstić information content (AvgIpc) is 3.40. The summed E-state index contributed by atoms with van der Waals surface area (Å²) in [6.07, 6.45) is 3.46. The zero-order valence-corrected chi connectivity index (χ0v) is 18.0. The van der Waals surface area contributed by atoms with Crippen LogP contribution in [0.1, 0.15) is 38.5 Å². The second-order valence-corrected chi connectivity index (χ2v) is 9.54. The second-order valence-electron chi connectivity index (χ2n) is 9.54. The van der Waals surface area contributed by atoms with E-state index in [9.17, 15) is 15.0 Å². The van der Waals surface area contributed by atoms with E-state index < -0.39 is 11.7 Å². The van der Waals surface area contributed by atoms with Gasteiger partial charge < -0.3 is 24.6 Å². The average molecular weight is 426 g/mol. The topological polar surface area (TPSA) is 79.2 Å². The summed E-state index contributed by atoms with van der Waals surface area (Å²) < 4.78 is 11.5. The summed E-state index contributed by atoms with van der Waals surface area (Å²) >= 11 is 0. The molecule has 2 aromatic carbocycles. The number of hydrogen-bond donors (Lipinski definition) is 2. The molecular formula is C25H31NO5. The highest BCUT2D eigenvalue weighted by atomic mass is 16.5. The van der Waals surface area contributed by atoms with Crippen molar-refractivity contribution in [2.75, 3.05) is 20.2 Å². The van der Waals surface area contributed by atoms with Crippen molar-refractivity contribution in [3.63, 3.8) is 0 Å². The van der Waals surface area contributed by atoms with Crippen LogP contribution in [0.25, 0.3) is 10.8 Å². The van der Waals surface area contributed by atoms with E-state index in [1.54, 1.807) is 7.11 Å². The van der Waals surface area contributed by atoms with E-state index in [0.29, 0.717) is 44.7 Å². The molecule has 3 aliphatic rings. The first-order valence-corrected chi connectivity index (χ1v) is 11.4. The van der Waals surface area contributed by atoms with Crippen LogP contribution in [-0.4, -0.2) is 59.0 Å². The highest BCUT2D eigenvalue weighted by Crippen LogP contribution is 2.40. The molecule has 1 aliphatic heterocycles. The van der Waals surface area contributed by atoms with Gasteiger partial charge in [-0.3, -0.25) is 4.79 Å². The predicted molar refractivity (Wildman–Crippen MR) is 117 cm³/mol. The lowest BCUT2D eigenvalue weighted by molar-refractivity contribution is -0.149. The Bertz CT molecular complexity index is 970. The molecule has 4 atom stereocenters. The summed E-state index contributed by atoms with van der Waals surface area (Å²) in [7, 11) is 1.65. The molecule has 3 fully saturated rings. The third kappa shape index (κ3) is 3.87. The lowest BCUT2D eigenvalue weighted by Gasteiger charge is -2.35. The third-order valence-electron chi connectivity index (χ3n) is 7.51. The fourth-order valence-electron chi connectivity index (χ4n) is 5.73. The summed E-state index contributed by atoms with van der Waals surface area (Å²) in [5.74, 6) is 2.01. The normalized spacial score (nSPS) is 29.7. The summed E-state index contributed by atoms with van der Waals surface area (Å²) in [6, 6.07) is 11.8. The molecule has 0 spiro atoms. The zero-order chi connectivity index (χ0) is 21.6. The summed E-state index contributed by atoms with van der Waals surface area (Å²) in [4.78, 5) is 14.7. The van der Waals surface area contributed by atoms with Crippen LogP contribution in [0.4, 0.5) is 0 Å². The molecule has 2 saturated carbocycles. The minimum atomic E-state index is -1.17. The molecule has 6 heteroatoms. The molecule has 1 amide bonds. The number of amides is 1. The van der Waals surface area contributed by atoms with Gasteiger partial charge in [-0.25, -0.2) is 0 Å². The lowest BCUT2D eigenvalue weighted by atomic mass is 9.78. The maximum absolute atomic E-state index is 12.9. The molecule has 0 aromatic heterocycles. The van der Waals surface area contributed by atoms with E-state index in [1.165, 1.54) is 0 Å². The van der Waals surface area contributed by atoms with E-state index in [0.717, 1.165) is 35.1 Å². The fraction of sp³-hybridized carbons (Fsp3) is 0.560. The summed E-state index contributed by atoms with van der Waals surface area (Å²) in [5.41, 5.74) is -1.17. The van der Waals surface area contributed by atoms with Crippen molar-refractivity contribution in [1.82, 2.24) is 4.90 Å². The number of carbonyl (C=O) groups excluding carboxylic acids is 1. The number of rotatable bonds is 4. The Hall–Kier alpha value is -2.31. The van der Waals surface area contributed by atoms with Gasteiger partial charge in [-0.2, -0.15) is 0 Å². The number of methoxy groups -OCH3 is 1. The number of fused-ring (bicyclic) bond motifs is 2. The largest absolute Gasteiger partial charge is 0.497 e. The molecule has 31 heavy (non-hydrogen) atoms. The molecule has 5 rings (SSSR count). The van der Waals surface area contributed by atoms with Gasteiger partial charge in [-0.05, 0) is 85.4 Å². The zero-order valence-electron chi connectivity index (χ0n) is 18.0. The van der Waals surface area contributed by atoms with Gasteiger partial charge in [-0.15, -0.1) is 0 Å². The van der Waals surface area contributed by atoms with E-state index in [2.05, 4.69) is 0 Å². The maximum atomic E-state index is 12.9. The quantitative estimate of drug-likeness (QED) is 0.787. The van der Waals surface area contributed by atoms with Crippen LogP contribution in [-0.2, 0) is 4.79 Å². The standard InChI is InChI=1S/C25H31NO5/c1-30-20-6-4-17-11-21(7-5-16(17)10-20)31-23-13-19-15-26(14-18(19)12-22(23)27)24(28)25(29)8-2-3-9-25/h4-7,10-11,18-19,22-23,27,29H,2-3,8-9,12-15H2,1H3/t18-,19+,22+,23+/m0/s1. The number of ether oxygens (including phenoxy) is 2. The maximum Gasteiger partial charge on any atom is 0.254 e. The van der Waals surface area contributed by atoms with Crippen LogP contribution in [0.5, 0.6) is 11.5 Å². The van der Waals surface area contributed by atoms with Gasteiger partial charge >= 0.3 is 0 Å². The number of aliphatic hydroxyl groups excluding tert-OH is 1. The Labute approximate surface area is 182 Å². The van der Waals surface area contributed by atoms with Crippen molar-refractivity contribution < 1.29 is 24.5 Å². The van der Waals surface area contributed by atoms with E-state index in [1.807, 2.05) is 41.3 Å². The van der Waals surface area contributed by atoms with Gasteiger partial charge in [0.05, 0.1) is 13.2 Å². The molecule has 1 heterocycles. The van der Waals surface area contributed by atoms with E-state index in [-0.39, 0.29) is 17.9 Å². The van der Waals surface area contributed by atoms with Gasteiger partial charge in [0.2, 0.25) is 0 Å². The molecule has 0 bridgehead atoms. The lowest BCUT2D eigenvalue weighted by Crippen LogP contribution is -2.46. The van der Waals surface area contributed by atoms with Crippen LogP contribution >= 0.6 is 0 Å². The highest BCUT2D eigenvalue weighted by molar-refractivity contribution is 5.86. The van der Waals surface area contributed by atoms with Crippen molar-refractivity contribution in [1.29, 1.82) is 0 Å². The smallest absolute Gasteiger partial charge is 0.254 e. The van der Waals surface area contributed by atoms with E-state index in [4.69, 9.17) is 9.47 Å². The number of hydrogen-bond acceptors (Lipinski definition) is 5. The first-order valence-electron chi connectivity index (χ1n) is 11.4. The van der Waals surface area contributed by atoms with Gasteiger partial charge in [0.25, 0.3) is 5.91 Å². The Morgan fingerprint density at radius 3 is 2.29 bits per heavy atom. The molecule has 1 saturated heterocycles. The summed E-state index contributed by atoms with van der Waals surface area (Å²) in [6.45, 7) is 1.28. The third-order valence-corrected chi connectivity index (χ3v) is 7.51. The van der Waals surface area contributed by atoms with Crippen LogP contribution in [0.2, 0.25) is 0 Å². The Kier molecular flexibility index (Phi) is 5.30. The number of nitrogens with zero attached hydrogens (tertiary/aromatic N) is 1. The van der Waals surface area contributed by atoms with Crippen LogP contribution in [0, 0.1) is 11.8 Å². The number of benzene rings is 2. The van der Waals surface area contributed by atoms with Crippen molar-refractivity contribution >= 4 is 16.7 Å². The monoisotopic (exact) mass is 425 g/mol. The van der Waals surface area contributed by atoms with Crippen LogP contribution in [0.15, 0.2) is 36.4 Å². The SMILES string of the molecule is COc1ccc2cc(O[C@@H]3C[C@@H]4CN(C(=O)C5(O)CCCC5)C[C@@H]4C[C@H]3O)ccc2c1. The fourth-order valence-corrected chi connectivity index (χ4v) is 5.73. The number of carbonyl (C=O) groups is 1. The molecule has 0 radical (unpaired) electrons. The van der Waals surface area contributed by atoms with Crippen molar-refractivity contribution in [3.8, 4) is 11.5 Å². The van der Waals surface area contributed by atoms with Crippen molar-refractivity contribution in [3.05, 3.63) is 36.4 Å². The predicted octanol–water partition coefficient (Wildman–Crippen LogP) is 3.13. The number of likely N-dealkylation sites (tertiary alicyclic amines) is 1. The van der Waals surface area contributed by atoms with Gasteiger partial charge in [0.15, 0.2) is 0 Å². The Balaban J connectivity index is 1.26. The van der Waals surface area contributed by atoms with Gasteiger partial charge in [-0.1, -0.05) is 12.1 Å². The Morgan fingerprint density at radius 2 is 1.61 bits per heavy atom. The number of aliphatic hydroxyl groups is 2. The minimum absolute atomic E-state index is 0.115. The minimum Gasteiger partial charge on any atom is -0.497 e. The molecule has 0 unspecified atom stereocenters. The molecule has 6 nitrogen and oxygen atoms in total. The first kappa shape index (κ1) is 20.6. The first-order chi connectivity index (χ1) is 14.9.